The van der Waals surface area contributed by atoms with Crippen LogP contribution in [0.25, 0.3) is 0 Å². The Balaban J connectivity index is 2.70. The van der Waals surface area contributed by atoms with Crippen LogP contribution in [0.4, 0.5) is 5.69 Å². The van der Waals surface area contributed by atoms with E-state index in [0.717, 1.165) is 16.3 Å². The molecule has 0 saturated heterocycles. The topological polar surface area (TPSA) is 12.0 Å². The second kappa shape index (κ2) is 4.79. The van der Waals surface area contributed by atoms with Crippen LogP contribution in [-0.4, -0.2) is 6.54 Å². The molecule has 0 amide bonds. The molecule has 0 aliphatic rings. The van der Waals surface area contributed by atoms with Crippen LogP contribution in [0.15, 0.2) is 18.2 Å². The summed E-state index contributed by atoms with van der Waals surface area (Å²) in [7, 11) is 0. The average molecular weight is 194 g/mol. The van der Waals surface area contributed by atoms with E-state index in [4.69, 9.17) is 11.6 Å². The number of hydrogen-bond acceptors (Lipinski definition) is 1. The Kier molecular flexibility index (Phi) is 3.67. The predicted octanol–water partition coefficient (Wildman–Crippen LogP) is 3.08. The summed E-state index contributed by atoms with van der Waals surface area (Å²) in [5.41, 5.74) is 2.23. The molecule has 0 radical (unpaired) electrons. The van der Waals surface area contributed by atoms with Crippen molar-refractivity contribution in [2.45, 2.75) is 13.8 Å². The number of rotatable bonds is 2. The third-order valence-electron chi connectivity index (χ3n) is 1.73. The molecular formula is C11H12ClN. The molecule has 0 unspecified atom stereocenters. The van der Waals surface area contributed by atoms with Crippen molar-refractivity contribution in [1.29, 1.82) is 0 Å². The molecule has 13 heavy (non-hydrogen) atoms. The van der Waals surface area contributed by atoms with E-state index in [9.17, 15) is 0 Å². The average Bonchev–Trinajstić information content (AvgIpc) is 2.09. The van der Waals surface area contributed by atoms with Gasteiger partial charge >= 0.3 is 0 Å². The summed E-state index contributed by atoms with van der Waals surface area (Å²) >= 11 is 5.82. The molecule has 1 rings (SSSR count). The van der Waals surface area contributed by atoms with Gasteiger partial charge in [-0.25, -0.2) is 0 Å². The van der Waals surface area contributed by atoms with E-state index in [1.54, 1.807) is 0 Å². The molecule has 0 saturated carbocycles. The van der Waals surface area contributed by atoms with E-state index in [2.05, 4.69) is 17.2 Å². The molecular weight excluding hydrogens is 182 g/mol. The summed E-state index contributed by atoms with van der Waals surface area (Å²) in [6.45, 7) is 4.53. The van der Waals surface area contributed by atoms with Gasteiger partial charge in [0.25, 0.3) is 0 Å². The largest absolute Gasteiger partial charge is 0.374 e. The predicted molar refractivity (Wildman–Crippen MR) is 58.1 cm³/mol. The SMILES string of the molecule is CC#CCNc1ccc(Cl)cc1C. The maximum absolute atomic E-state index is 5.82. The van der Waals surface area contributed by atoms with Crippen molar-refractivity contribution >= 4 is 17.3 Å². The molecule has 1 N–H and O–H groups in total. The molecule has 0 spiro atoms. The molecule has 0 atom stereocenters. The van der Waals surface area contributed by atoms with Gasteiger partial charge in [-0.1, -0.05) is 17.5 Å². The van der Waals surface area contributed by atoms with E-state index in [-0.39, 0.29) is 0 Å². The number of nitrogens with one attached hydrogen (secondary N) is 1. The van der Waals surface area contributed by atoms with Crippen molar-refractivity contribution in [2.75, 3.05) is 11.9 Å². The minimum Gasteiger partial charge on any atom is -0.374 e. The van der Waals surface area contributed by atoms with Gasteiger partial charge in [0, 0.05) is 10.7 Å². The van der Waals surface area contributed by atoms with Crippen LogP contribution in [0.3, 0.4) is 0 Å². The molecule has 1 nitrogen and oxygen atoms in total. The summed E-state index contributed by atoms with van der Waals surface area (Å²) in [5.74, 6) is 5.77. The number of hydrogen-bond donors (Lipinski definition) is 1. The lowest BCUT2D eigenvalue weighted by atomic mass is 10.2. The van der Waals surface area contributed by atoms with Crippen LogP contribution in [0, 0.1) is 18.8 Å². The van der Waals surface area contributed by atoms with Gasteiger partial charge in [-0.3, -0.25) is 0 Å². The van der Waals surface area contributed by atoms with Crippen molar-refractivity contribution < 1.29 is 0 Å². The van der Waals surface area contributed by atoms with Gasteiger partial charge in [0.1, 0.15) is 0 Å². The van der Waals surface area contributed by atoms with Crippen LogP contribution in [0.2, 0.25) is 5.02 Å². The van der Waals surface area contributed by atoms with Crippen LogP contribution < -0.4 is 5.32 Å². The third kappa shape index (κ3) is 3.01. The molecule has 0 aliphatic carbocycles. The van der Waals surface area contributed by atoms with Crippen molar-refractivity contribution in [3.8, 4) is 11.8 Å². The standard InChI is InChI=1S/C11H12ClN/c1-3-4-7-13-11-6-5-10(12)8-9(11)2/h5-6,8,13H,7H2,1-2H3. The van der Waals surface area contributed by atoms with Crippen LogP contribution in [-0.2, 0) is 0 Å². The van der Waals surface area contributed by atoms with Crippen LogP contribution in [0.5, 0.6) is 0 Å². The highest BCUT2D eigenvalue weighted by molar-refractivity contribution is 6.30. The van der Waals surface area contributed by atoms with Crippen LogP contribution >= 0.6 is 11.6 Å². The summed E-state index contributed by atoms with van der Waals surface area (Å²) in [4.78, 5) is 0. The first-order valence-electron chi connectivity index (χ1n) is 4.13. The fourth-order valence-corrected chi connectivity index (χ4v) is 1.28. The lowest BCUT2D eigenvalue weighted by Gasteiger charge is -2.06. The Morgan fingerprint density at radius 1 is 1.46 bits per heavy atom. The van der Waals surface area contributed by atoms with Crippen molar-refractivity contribution in [3.05, 3.63) is 28.8 Å². The zero-order valence-electron chi connectivity index (χ0n) is 7.82. The highest BCUT2D eigenvalue weighted by Gasteiger charge is 1.96. The van der Waals surface area contributed by atoms with E-state index >= 15 is 0 Å². The molecule has 0 heterocycles. The lowest BCUT2D eigenvalue weighted by molar-refractivity contribution is 1.33. The monoisotopic (exact) mass is 193 g/mol. The summed E-state index contributed by atoms with van der Waals surface area (Å²) in [6, 6.07) is 5.77. The first-order valence-corrected chi connectivity index (χ1v) is 4.51. The van der Waals surface area contributed by atoms with Gasteiger partial charge in [0.05, 0.1) is 6.54 Å². The molecule has 0 aromatic heterocycles. The molecule has 1 aromatic carbocycles. The van der Waals surface area contributed by atoms with Gasteiger partial charge in [0.2, 0.25) is 0 Å². The number of halogens is 1. The maximum atomic E-state index is 5.82. The Bertz CT molecular complexity index is 347. The fraction of sp³-hybridized carbons (Fsp3) is 0.273. The first-order chi connectivity index (χ1) is 6.24. The van der Waals surface area contributed by atoms with E-state index in [1.807, 2.05) is 32.0 Å². The van der Waals surface area contributed by atoms with Gasteiger partial charge in [-0.05, 0) is 37.6 Å². The molecule has 68 valence electrons. The maximum Gasteiger partial charge on any atom is 0.0765 e. The normalized spacial score (nSPS) is 8.85. The quantitative estimate of drug-likeness (QED) is 0.712. The first kappa shape index (κ1) is 9.95. The van der Waals surface area contributed by atoms with Gasteiger partial charge in [-0.2, -0.15) is 0 Å². The molecule has 0 aliphatic heterocycles. The fourth-order valence-electron chi connectivity index (χ4n) is 1.05. The highest BCUT2D eigenvalue weighted by Crippen LogP contribution is 2.18. The van der Waals surface area contributed by atoms with E-state index < -0.39 is 0 Å². The Hall–Kier alpha value is -1.13. The molecule has 0 bridgehead atoms. The number of anilines is 1. The minimum atomic E-state index is 0.680. The summed E-state index contributed by atoms with van der Waals surface area (Å²) < 4.78 is 0. The van der Waals surface area contributed by atoms with E-state index in [1.165, 1.54) is 0 Å². The summed E-state index contributed by atoms with van der Waals surface area (Å²) in [5, 5.41) is 3.98. The van der Waals surface area contributed by atoms with Crippen LogP contribution in [0.1, 0.15) is 12.5 Å². The van der Waals surface area contributed by atoms with Gasteiger partial charge < -0.3 is 5.32 Å². The second-order valence-corrected chi connectivity index (χ2v) is 3.18. The Morgan fingerprint density at radius 3 is 2.85 bits per heavy atom. The van der Waals surface area contributed by atoms with E-state index in [0.29, 0.717) is 6.54 Å². The molecule has 2 heteroatoms. The molecule has 1 aromatic rings. The van der Waals surface area contributed by atoms with Crippen molar-refractivity contribution in [3.63, 3.8) is 0 Å². The third-order valence-corrected chi connectivity index (χ3v) is 1.97. The minimum absolute atomic E-state index is 0.680. The second-order valence-electron chi connectivity index (χ2n) is 2.74. The molecule has 0 fully saturated rings. The zero-order chi connectivity index (χ0) is 9.68. The Labute approximate surface area is 84.1 Å². The number of aryl methyl sites for hydroxylation is 1. The zero-order valence-corrected chi connectivity index (χ0v) is 8.57. The van der Waals surface area contributed by atoms with Gasteiger partial charge in [-0.15, -0.1) is 5.92 Å². The van der Waals surface area contributed by atoms with Crippen molar-refractivity contribution in [2.24, 2.45) is 0 Å². The lowest BCUT2D eigenvalue weighted by Crippen LogP contribution is -1.99. The number of benzene rings is 1. The van der Waals surface area contributed by atoms with Crippen molar-refractivity contribution in [1.82, 2.24) is 0 Å². The highest BCUT2D eigenvalue weighted by atomic mass is 35.5. The van der Waals surface area contributed by atoms with Gasteiger partial charge in [0.15, 0.2) is 0 Å². The Morgan fingerprint density at radius 2 is 2.23 bits per heavy atom. The smallest absolute Gasteiger partial charge is 0.0765 e. The summed E-state index contributed by atoms with van der Waals surface area (Å²) in [6.07, 6.45) is 0.